The second-order valence-corrected chi connectivity index (χ2v) is 6.99. The average Bonchev–Trinajstić information content (AvgIpc) is 3.05. The first-order chi connectivity index (χ1) is 13.6. The second kappa shape index (κ2) is 7.92. The van der Waals surface area contributed by atoms with Crippen molar-refractivity contribution in [2.24, 2.45) is 4.99 Å². The van der Waals surface area contributed by atoms with Crippen molar-refractivity contribution in [2.75, 3.05) is 0 Å². The first kappa shape index (κ1) is 18.3. The number of H-pyrrole nitrogens is 2. The number of fused-ring (bicyclic) bond motifs is 1. The van der Waals surface area contributed by atoms with Gasteiger partial charge >= 0.3 is 5.69 Å². The van der Waals surface area contributed by atoms with Gasteiger partial charge in [0, 0.05) is 16.8 Å². The van der Waals surface area contributed by atoms with Crippen LogP contribution in [0.25, 0.3) is 11.0 Å². The van der Waals surface area contributed by atoms with Crippen molar-refractivity contribution in [2.45, 2.75) is 6.61 Å². The Bertz CT molecular complexity index is 1210. The fourth-order valence-corrected chi connectivity index (χ4v) is 3.37. The second-order valence-electron chi connectivity index (χ2n) is 6.15. The topological polar surface area (TPSA) is 70.2 Å². The molecule has 0 aliphatic heterocycles. The number of aliphatic imine (C=N–C) groups is 1. The Morgan fingerprint density at radius 3 is 2.57 bits per heavy atom. The summed E-state index contributed by atoms with van der Waals surface area (Å²) in [5, 5.41) is 0.902. The van der Waals surface area contributed by atoms with E-state index >= 15 is 0 Å². The van der Waals surface area contributed by atoms with Gasteiger partial charge in [0.25, 0.3) is 0 Å². The van der Waals surface area contributed by atoms with Gasteiger partial charge in [0.05, 0.1) is 21.7 Å². The summed E-state index contributed by atoms with van der Waals surface area (Å²) in [5.41, 5.74) is 3.52. The summed E-state index contributed by atoms with van der Waals surface area (Å²) < 4.78 is 5.94. The van der Waals surface area contributed by atoms with Gasteiger partial charge in [-0.05, 0) is 35.9 Å². The minimum absolute atomic E-state index is 0.255. The van der Waals surface area contributed by atoms with Crippen molar-refractivity contribution in [3.63, 3.8) is 0 Å². The maximum atomic E-state index is 11.4. The number of imidazole rings is 1. The van der Waals surface area contributed by atoms with Crippen LogP contribution in [0.5, 0.6) is 5.75 Å². The number of hydrogen-bond acceptors (Lipinski definition) is 3. The van der Waals surface area contributed by atoms with E-state index in [-0.39, 0.29) is 5.69 Å². The maximum Gasteiger partial charge on any atom is 0.323 e. The quantitative estimate of drug-likeness (QED) is 0.426. The Hall–Kier alpha value is -3.02. The molecule has 4 rings (SSSR count). The lowest BCUT2D eigenvalue weighted by molar-refractivity contribution is 0.306. The number of halogens is 2. The van der Waals surface area contributed by atoms with Gasteiger partial charge in [0.2, 0.25) is 0 Å². The molecular weight excluding hydrogens is 397 g/mol. The third-order valence-corrected chi connectivity index (χ3v) is 4.61. The smallest absolute Gasteiger partial charge is 0.323 e. The molecule has 4 aromatic rings. The fraction of sp³-hybridized carbons (Fsp3) is 0.0476. The first-order valence-electron chi connectivity index (χ1n) is 8.50. The Kier molecular flexibility index (Phi) is 5.19. The Morgan fingerprint density at radius 2 is 1.75 bits per heavy atom. The van der Waals surface area contributed by atoms with E-state index in [9.17, 15) is 4.79 Å². The standard InChI is InChI=1S/C21H15Cl2N3O2/c22-15-8-14(11-24-16-6-7-18-19(10-16)26-21(27)25-18)20(17(23)9-15)28-12-13-4-2-1-3-5-13/h1-11H,12H2,(H2,25,26,27). The molecule has 0 saturated carbocycles. The van der Waals surface area contributed by atoms with Crippen LogP contribution in [-0.4, -0.2) is 16.2 Å². The summed E-state index contributed by atoms with van der Waals surface area (Å²) in [4.78, 5) is 21.3. The zero-order valence-corrected chi connectivity index (χ0v) is 16.1. The van der Waals surface area contributed by atoms with E-state index < -0.39 is 0 Å². The molecule has 0 bridgehead atoms. The summed E-state index contributed by atoms with van der Waals surface area (Å²) in [5.74, 6) is 0.509. The van der Waals surface area contributed by atoms with Crippen LogP contribution in [0.15, 0.2) is 70.5 Å². The SMILES string of the molecule is O=c1[nH]c2ccc(N=Cc3cc(Cl)cc(Cl)c3OCc3ccccc3)cc2[nH]1. The molecule has 1 aromatic heterocycles. The molecule has 1 heterocycles. The highest BCUT2D eigenvalue weighted by atomic mass is 35.5. The Balaban J connectivity index is 1.63. The molecule has 28 heavy (non-hydrogen) atoms. The molecule has 0 saturated heterocycles. The van der Waals surface area contributed by atoms with Crippen molar-refractivity contribution >= 4 is 46.1 Å². The zero-order chi connectivity index (χ0) is 19.5. The van der Waals surface area contributed by atoms with E-state index in [1.165, 1.54) is 0 Å². The maximum absolute atomic E-state index is 11.4. The van der Waals surface area contributed by atoms with E-state index in [1.54, 1.807) is 36.5 Å². The lowest BCUT2D eigenvalue weighted by Crippen LogP contribution is -1.99. The molecule has 2 N–H and O–H groups in total. The summed E-state index contributed by atoms with van der Waals surface area (Å²) in [6.45, 7) is 0.375. The zero-order valence-electron chi connectivity index (χ0n) is 14.6. The number of rotatable bonds is 5. The normalized spacial score (nSPS) is 11.4. The van der Waals surface area contributed by atoms with E-state index in [0.29, 0.717) is 39.2 Å². The van der Waals surface area contributed by atoms with E-state index in [4.69, 9.17) is 27.9 Å². The minimum atomic E-state index is -0.255. The summed E-state index contributed by atoms with van der Waals surface area (Å²) in [7, 11) is 0. The van der Waals surface area contributed by atoms with Crippen LogP contribution in [0.4, 0.5) is 5.69 Å². The summed E-state index contributed by atoms with van der Waals surface area (Å²) >= 11 is 12.5. The molecule has 0 radical (unpaired) electrons. The summed E-state index contributed by atoms with van der Waals surface area (Å²) in [6.07, 6.45) is 1.64. The fourth-order valence-electron chi connectivity index (χ4n) is 2.80. The van der Waals surface area contributed by atoms with Crippen LogP contribution in [0.3, 0.4) is 0 Å². The molecule has 0 amide bonds. The van der Waals surface area contributed by atoms with Crippen LogP contribution < -0.4 is 10.4 Å². The van der Waals surface area contributed by atoms with Gasteiger partial charge in [-0.25, -0.2) is 4.79 Å². The molecule has 7 heteroatoms. The highest BCUT2D eigenvalue weighted by Gasteiger charge is 2.10. The van der Waals surface area contributed by atoms with Crippen LogP contribution in [0.1, 0.15) is 11.1 Å². The molecule has 0 aliphatic carbocycles. The van der Waals surface area contributed by atoms with E-state index in [2.05, 4.69) is 15.0 Å². The molecule has 5 nitrogen and oxygen atoms in total. The van der Waals surface area contributed by atoms with Crippen LogP contribution >= 0.6 is 23.2 Å². The van der Waals surface area contributed by atoms with Crippen molar-refractivity contribution in [3.05, 3.63) is 92.3 Å². The Labute approximate surface area is 170 Å². The number of aromatic nitrogens is 2. The minimum Gasteiger partial charge on any atom is -0.487 e. The van der Waals surface area contributed by atoms with Gasteiger partial charge in [-0.1, -0.05) is 53.5 Å². The van der Waals surface area contributed by atoms with Gasteiger partial charge in [-0.15, -0.1) is 0 Å². The van der Waals surface area contributed by atoms with Gasteiger partial charge < -0.3 is 14.7 Å². The number of aromatic amines is 2. The molecule has 140 valence electrons. The van der Waals surface area contributed by atoms with E-state index in [0.717, 1.165) is 11.1 Å². The molecule has 0 unspecified atom stereocenters. The highest BCUT2D eigenvalue weighted by molar-refractivity contribution is 6.36. The monoisotopic (exact) mass is 411 g/mol. The average molecular weight is 412 g/mol. The van der Waals surface area contributed by atoms with Crippen LogP contribution in [0.2, 0.25) is 10.0 Å². The van der Waals surface area contributed by atoms with Gasteiger partial charge in [0.1, 0.15) is 12.4 Å². The first-order valence-corrected chi connectivity index (χ1v) is 9.26. The number of benzene rings is 3. The molecule has 0 spiro atoms. The molecule has 3 aromatic carbocycles. The third-order valence-electron chi connectivity index (χ3n) is 4.12. The highest BCUT2D eigenvalue weighted by Crippen LogP contribution is 2.32. The molecule has 0 fully saturated rings. The Morgan fingerprint density at radius 1 is 0.964 bits per heavy atom. The van der Waals surface area contributed by atoms with Crippen LogP contribution in [0, 0.1) is 0 Å². The molecule has 0 aliphatic rings. The summed E-state index contributed by atoms with van der Waals surface area (Å²) in [6, 6.07) is 18.6. The van der Waals surface area contributed by atoms with Gasteiger partial charge in [-0.2, -0.15) is 0 Å². The van der Waals surface area contributed by atoms with Gasteiger partial charge in [0.15, 0.2) is 0 Å². The predicted molar refractivity (Wildman–Crippen MR) is 113 cm³/mol. The van der Waals surface area contributed by atoms with Crippen molar-refractivity contribution in [1.29, 1.82) is 0 Å². The van der Waals surface area contributed by atoms with E-state index in [1.807, 2.05) is 30.3 Å². The lowest BCUT2D eigenvalue weighted by atomic mass is 10.2. The number of hydrogen-bond donors (Lipinski definition) is 2. The lowest BCUT2D eigenvalue weighted by Gasteiger charge is -2.11. The van der Waals surface area contributed by atoms with Crippen LogP contribution in [-0.2, 0) is 6.61 Å². The third kappa shape index (κ3) is 4.11. The van der Waals surface area contributed by atoms with Gasteiger partial charge in [-0.3, -0.25) is 4.99 Å². The number of nitrogens with one attached hydrogen (secondary N) is 2. The van der Waals surface area contributed by atoms with Crippen molar-refractivity contribution in [3.8, 4) is 5.75 Å². The number of ether oxygens (including phenoxy) is 1. The van der Waals surface area contributed by atoms with Crippen molar-refractivity contribution < 1.29 is 4.74 Å². The molecular formula is C21H15Cl2N3O2. The molecule has 0 atom stereocenters. The number of nitrogens with zero attached hydrogens (tertiary/aromatic N) is 1. The van der Waals surface area contributed by atoms with Crippen molar-refractivity contribution in [1.82, 2.24) is 9.97 Å². The largest absolute Gasteiger partial charge is 0.487 e. The predicted octanol–water partition coefficient (Wildman–Crippen LogP) is 5.49.